The summed E-state index contributed by atoms with van der Waals surface area (Å²) in [6.45, 7) is 3.74. The molecular weight excluding hydrogens is 421 g/mol. The summed E-state index contributed by atoms with van der Waals surface area (Å²) in [5.41, 5.74) is 0.446. The molecule has 0 radical (unpaired) electrons. The number of piperidine rings is 1. The highest BCUT2D eigenvalue weighted by Gasteiger charge is 2.25. The Labute approximate surface area is 183 Å². The van der Waals surface area contributed by atoms with Gasteiger partial charge in [-0.3, -0.25) is 10.1 Å². The fourth-order valence-electron chi connectivity index (χ4n) is 3.55. The van der Waals surface area contributed by atoms with Crippen molar-refractivity contribution in [1.82, 2.24) is 15.3 Å². The van der Waals surface area contributed by atoms with E-state index in [9.17, 15) is 14.5 Å². The van der Waals surface area contributed by atoms with E-state index in [4.69, 9.17) is 11.6 Å². The average Bonchev–Trinajstić information content (AvgIpc) is 2.75. The SMILES string of the molecule is CC1(C#Cc2cc3ncnc(Nc4cccc(Cl)c4F)c3cc2[N+](=O)[O-])CCCNC1. The molecule has 0 saturated carbocycles. The van der Waals surface area contributed by atoms with Gasteiger partial charge in [0.1, 0.15) is 17.7 Å². The molecule has 2 heterocycles. The molecule has 4 rings (SSSR count). The first-order valence-electron chi connectivity index (χ1n) is 9.74. The molecular formula is C22H19ClFN5O2. The molecule has 0 aliphatic carbocycles. The number of aromatic nitrogens is 2. The number of hydrogen-bond acceptors (Lipinski definition) is 6. The number of rotatable bonds is 3. The minimum atomic E-state index is -0.637. The molecule has 31 heavy (non-hydrogen) atoms. The number of benzene rings is 2. The van der Waals surface area contributed by atoms with Crippen molar-refractivity contribution in [2.75, 3.05) is 18.4 Å². The number of nitrogens with zero attached hydrogens (tertiary/aromatic N) is 3. The molecule has 1 aromatic heterocycles. The van der Waals surface area contributed by atoms with Crippen LogP contribution in [0.4, 0.5) is 21.6 Å². The van der Waals surface area contributed by atoms with Gasteiger partial charge in [0, 0.05) is 23.4 Å². The quantitative estimate of drug-likeness (QED) is 0.345. The van der Waals surface area contributed by atoms with Crippen LogP contribution in [0, 0.1) is 33.2 Å². The van der Waals surface area contributed by atoms with E-state index in [0.29, 0.717) is 10.9 Å². The van der Waals surface area contributed by atoms with E-state index in [0.717, 1.165) is 25.9 Å². The Balaban J connectivity index is 1.78. The monoisotopic (exact) mass is 439 g/mol. The summed E-state index contributed by atoms with van der Waals surface area (Å²) in [6.07, 6.45) is 3.24. The van der Waals surface area contributed by atoms with Crippen LogP contribution in [-0.4, -0.2) is 28.0 Å². The van der Waals surface area contributed by atoms with Gasteiger partial charge < -0.3 is 10.6 Å². The number of fused-ring (bicyclic) bond motifs is 1. The van der Waals surface area contributed by atoms with Crippen LogP contribution in [0.5, 0.6) is 0 Å². The largest absolute Gasteiger partial charge is 0.337 e. The van der Waals surface area contributed by atoms with Crippen LogP contribution in [-0.2, 0) is 0 Å². The van der Waals surface area contributed by atoms with E-state index in [1.165, 1.54) is 24.5 Å². The molecule has 0 amide bonds. The summed E-state index contributed by atoms with van der Waals surface area (Å²) < 4.78 is 14.3. The Kier molecular flexibility index (Phi) is 5.72. The zero-order chi connectivity index (χ0) is 22.0. The lowest BCUT2D eigenvalue weighted by Crippen LogP contribution is -2.36. The number of hydrogen-bond donors (Lipinski definition) is 2. The predicted molar refractivity (Wildman–Crippen MR) is 118 cm³/mol. The van der Waals surface area contributed by atoms with E-state index in [2.05, 4.69) is 32.4 Å². The first-order valence-corrected chi connectivity index (χ1v) is 10.1. The second-order valence-corrected chi connectivity index (χ2v) is 8.09. The molecule has 1 fully saturated rings. The molecule has 2 aromatic carbocycles. The van der Waals surface area contributed by atoms with Gasteiger partial charge in [0.15, 0.2) is 5.82 Å². The highest BCUT2D eigenvalue weighted by molar-refractivity contribution is 6.31. The van der Waals surface area contributed by atoms with Crippen molar-refractivity contribution in [3.05, 3.63) is 63.2 Å². The summed E-state index contributed by atoms with van der Waals surface area (Å²) in [5.74, 6) is 5.79. The summed E-state index contributed by atoms with van der Waals surface area (Å²) in [6, 6.07) is 7.46. The van der Waals surface area contributed by atoms with Gasteiger partial charge >= 0.3 is 0 Å². The number of nitrogens with one attached hydrogen (secondary N) is 2. The van der Waals surface area contributed by atoms with Crippen LogP contribution < -0.4 is 10.6 Å². The zero-order valence-electron chi connectivity index (χ0n) is 16.7. The van der Waals surface area contributed by atoms with Crippen molar-refractivity contribution in [3.8, 4) is 11.8 Å². The minimum absolute atomic E-state index is 0.0439. The maximum Gasteiger partial charge on any atom is 0.285 e. The summed E-state index contributed by atoms with van der Waals surface area (Å²) in [5, 5.41) is 18.3. The number of nitro benzene ring substituents is 1. The second-order valence-electron chi connectivity index (χ2n) is 7.68. The Morgan fingerprint density at radius 1 is 1.35 bits per heavy atom. The molecule has 3 aromatic rings. The van der Waals surface area contributed by atoms with E-state index in [-0.39, 0.29) is 33.2 Å². The fourth-order valence-corrected chi connectivity index (χ4v) is 3.73. The second kappa shape index (κ2) is 8.46. The van der Waals surface area contributed by atoms with Crippen LogP contribution in [0.1, 0.15) is 25.3 Å². The van der Waals surface area contributed by atoms with Crippen molar-refractivity contribution in [1.29, 1.82) is 0 Å². The molecule has 1 atom stereocenters. The third-order valence-corrected chi connectivity index (χ3v) is 5.54. The average molecular weight is 440 g/mol. The molecule has 1 saturated heterocycles. The van der Waals surface area contributed by atoms with Gasteiger partial charge in [0.05, 0.1) is 21.2 Å². The number of halogens is 2. The normalized spacial score (nSPS) is 18.3. The number of anilines is 2. The topological polar surface area (TPSA) is 93.0 Å². The summed E-state index contributed by atoms with van der Waals surface area (Å²) in [7, 11) is 0. The third-order valence-electron chi connectivity index (χ3n) is 5.25. The van der Waals surface area contributed by atoms with Gasteiger partial charge in [-0.1, -0.05) is 29.5 Å². The lowest BCUT2D eigenvalue weighted by molar-refractivity contribution is -0.385. The Hall–Kier alpha value is -3.28. The number of nitro groups is 1. The van der Waals surface area contributed by atoms with Crippen LogP contribution in [0.25, 0.3) is 10.9 Å². The fraction of sp³-hybridized carbons (Fsp3) is 0.273. The molecule has 0 spiro atoms. The van der Waals surface area contributed by atoms with Crippen LogP contribution in [0.3, 0.4) is 0 Å². The van der Waals surface area contributed by atoms with Gasteiger partial charge in [-0.05, 0) is 44.5 Å². The minimum Gasteiger partial charge on any atom is -0.337 e. The van der Waals surface area contributed by atoms with Crippen molar-refractivity contribution in [3.63, 3.8) is 0 Å². The van der Waals surface area contributed by atoms with E-state index < -0.39 is 10.7 Å². The maximum atomic E-state index is 14.3. The Morgan fingerprint density at radius 3 is 2.94 bits per heavy atom. The molecule has 1 aliphatic heterocycles. The van der Waals surface area contributed by atoms with Gasteiger partial charge in [-0.25, -0.2) is 14.4 Å². The Bertz CT molecular complexity index is 1230. The van der Waals surface area contributed by atoms with Crippen LogP contribution >= 0.6 is 11.6 Å². The molecule has 7 nitrogen and oxygen atoms in total. The van der Waals surface area contributed by atoms with Gasteiger partial charge in [-0.15, -0.1) is 0 Å². The van der Waals surface area contributed by atoms with Gasteiger partial charge in [-0.2, -0.15) is 0 Å². The summed E-state index contributed by atoms with van der Waals surface area (Å²) in [4.78, 5) is 19.6. The molecule has 2 N–H and O–H groups in total. The van der Waals surface area contributed by atoms with Crippen LogP contribution in [0.15, 0.2) is 36.7 Å². The van der Waals surface area contributed by atoms with Crippen molar-refractivity contribution < 1.29 is 9.31 Å². The molecule has 1 unspecified atom stereocenters. The highest BCUT2D eigenvalue weighted by Crippen LogP contribution is 2.32. The van der Waals surface area contributed by atoms with E-state index in [1.54, 1.807) is 12.1 Å². The lowest BCUT2D eigenvalue weighted by Gasteiger charge is -2.28. The van der Waals surface area contributed by atoms with Crippen LogP contribution in [0.2, 0.25) is 5.02 Å². The van der Waals surface area contributed by atoms with Gasteiger partial charge in [0.25, 0.3) is 5.69 Å². The standard InChI is InChI=1S/C22H19ClFN5O2/c1-22(7-3-9-25-12-22)8-6-14-10-18-15(11-19(14)29(30)31)21(27-13-26-18)28-17-5-2-4-16(23)20(17)24/h2,4-5,10-11,13,25H,3,7,9,12H2,1H3,(H,26,27,28). The molecule has 1 aliphatic rings. The smallest absolute Gasteiger partial charge is 0.285 e. The molecule has 158 valence electrons. The first-order chi connectivity index (χ1) is 14.9. The highest BCUT2D eigenvalue weighted by atomic mass is 35.5. The maximum absolute atomic E-state index is 14.3. The first kappa shape index (κ1) is 21.0. The Morgan fingerprint density at radius 2 is 2.19 bits per heavy atom. The van der Waals surface area contributed by atoms with E-state index >= 15 is 0 Å². The lowest BCUT2D eigenvalue weighted by atomic mass is 9.83. The molecule has 0 bridgehead atoms. The van der Waals surface area contributed by atoms with Gasteiger partial charge in [0.2, 0.25) is 0 Å². The van der Waals surface area contributed by atoms with E-state index in [1.807, 2.05) is 6.92 Å². The third kappa shape index (κ3) is 4.43. The summed E-state index contributed by atoms with van der Waals surface area (Å²) >= 11 is 5.84. The van der Waals surface area contributed by atoms with Crippen molar-refractivity contribution in [2.24, 2.45) is 5.41 Å². The molecule has 9 heteroatoms. The predicted octanol–water partition coefficient (Wildman–Crippen LogP) is 4.82. The van der Waals surface area contributed by atoms with Crippen molar-refractivity contribution >= 4 is 39.7 Å². The van der Waals surface area contributed by atoms with Crippen molar-refractivity contribution in [2.45, 2.75) is 19.8 Å². The zero-order valence-corrected chi connectivity index (χ0v) is 17.5.